The number of para-hydroxylation sites is 2. The van der Waals surface area contributed by atoms with Gasteiger partial charge >= 0.3 is 0 Å². The molecule has 0 fully saturated rings. The summed E-state index contributed by atoms with van der Waals surface area (Å²) < 4.78 is 5.29. The van der Waals surface area contributed by atoms with Crippen LogP contribution in [0.4, 0.5) is 0 Å². The van der Waals surface area contributed by atoms with Gasteiger partial charge in [-0.05, 0) is 19.1 Å². The lowest BCUT2D eigenvalue weighted by atomic mass is 10.2. The van der Waals surface area contributed by atoms with Gasteiger partial charge < -0.3 is 15.0 Å². The number of hydrogen-bond donors (Lipinski definition) is 2. The molecule has 2 N–H and O–H groups in total. The normalized spacial score (nSPS) is 14.7. The molecule has 5 heteroatoms. The molecular weight excluding hydrogens is 254 g/mol. The molecule has 20 heavy (non-hydrogen) atoms. The number of fused-ring (bicyclic) bond motifs is 1. The molecule has 0 spiro atoms. The summed E-state index contributed by atoms with van der Waals surface area (Å²) in [5, 5.41) is 2.91. The Balaban J connectivity index is 1.57. The molecule has 1 aliphatic rings. The van der Waals surface area contributed by atoms with E-state index in [1.54, 1.807) is 0 Å². The van der Waals surface area contributed by atoms with Gasteiger partial charge in [-0.1, -0.05) is 12.1 Å². The van der Waals surface area contributed by atoms with Crippen LogP contribution in [-0.4, -0.2) is 29.0 Å². The van der Waals surface area contributed by atoms with Crippen LogP contribution in [0.3, 0.4) is 0 Å². The van der Waals surface area contributed by atoms with E-state index in [4.69, 9.17) is 4.74 Å². The number of carbonyl (C=O) groups is 1. The Bertz CT molecular complexity index is 640. The number of hydrogen-bond acceptors (Lipinski definition) is 3. The first-order chi connectivity index (χ1) is 9.74. The number of allylic oxidation sites excluding steroid dienone is 1. The summed E-state index contributed by atoms with van der Waals surface area (Å²) in [6, 6.07) is 7.90. The molecule has 104 valence electrons. The number of nitrogens with one attached hydrogen (secondary N) is 2. The van der Waals surface area contributed by atoms with E-state index in [1.165, 1.54) is 0 Å². The number of nitrogens with zero attached hydrogens (tertiary/aromatic N) is 1. The molecule has 0 radical (unpaired) electrons. The van der Waals surface area contributed by atoms with Gasteiger partial charge in [0.15, 0.2) is 0 Å². The highest BCUT2D eigenvalue weighted by Gasteiger charge is 2.18. The third kappa shape index (κ3) is 2.52. The molecule has 1 aromatic heterocycles. The Kier molecular flexibility index (Phi) is 3.41. The third-order valence-electron chi connectivity index (χ3n) is 3.46. The number of ether oxygens (including phenoxy) is 1. The lowest BCUT2D eigenvalue weighted by Gasteiger charge is -2.04. The minimum absolute atomic E-state index is 0.0314. The number of aromatic nitrogens is 2. The first-order valence-corrected chi connectivity index (χ1v) is 6.78. The maximum Gasteiger partial charge on any atom is 0.250 e. The van der Waals surface area contributed by atoms with Gasteiger partial charge in [0.1, 0.15) is 11.6 Å². The van der Waals surface area contributed by atoms with Gasteiger partial charge in [-0.2, -0.15) is 0 Å². The summed E-state index contributed by atoms with van der Waals surface area (Å²) in [6.07, 6.45) is 1.38. The highest BCUT2D eigenvalue weighted by Crippen LogP contribution is 2.18. The fourth-order valence-corrected chi connectivity index (χ4v) is 2.37. The maximum absolute atomic E-state index is 11.9. The van der Waals surface area contributed by atoms with E-state index in [0.717, 1.165) is 28.2 Å². The van der Waals surface area contributed by atoms with Crippen molar-refractivity contribution in [2.75, 3.05) is 13.2 Å². The SMILES string of the molecule is CC1=C(C(=O)NCCc2nc3ccccc3[nH]2)CCO1. The maximum atomic E-state index is 11.9. The number of H-pyrrole nitrogens is 1. The molecule has 0 saturated carbocycles. The molecule has 5 nitrogen and oxygen atoms in total. The van der Waals surface area contributed by atoms with Crippen molar-refractivity contribution in [1.29, 1.82) is 0 Å². The zero-order chi connectivity index (χ0) is 13.9. The molecule has 1 aromatic carbocycles. The van der Waals surface area contributed by atoms with Crippen molar-refractivity contribution in [2.24, 2.45) is 0 Å². The van der Waals surface area contributed by atoms with Crippen LogP contribution in [0.5, 0.6) is 0 Å². The van der Waals surface area contributed by atoms with Crippen LogP contribution in [0, 0.1) is 0 Å². The number of rotatable bonds is 4. The topological polar surface area (TPSA) is 67.0 Å². The number of carbonyl (C=O) groups excluding carboxylic acids is 1. The molecule has 0 bridgehead atoms. The second kappa shape index (κ2) is 5.36. The fourth-order valence-electron chi connectivity index (χ4n) is 2.37. The molecule has 3 rings (SSSR count). The molecule has 0 atom stereocenters. The van der Waals surface area contributed by atoms with Gasteiger partial charge in [0.05, 0.1) is 23.2 Å². The number of benzene rings is 1. The molecule has 0 unspecified atom stereocenters. The zero-order valence-electron chi connectivity index (χ0n) is 11.4. The molecule has 1 amide bonds. The zero-order valence-corrected chi connectivity index (χ0v) is 11.4. The lowest BCUT2D eigenvalue weighted by Crippen LogP contribution is -2.27. The Morgan fingerprint density at radius 2 is 2.30 bits per heavy atom. The smallest absolute Gasteiger partial charge is 0.250 e. The lowest BCUT2D eigenvalue weighted by molar-refractivity contribution is -0.117. The van der Waals surface area contributed by atoms with Crippen molar-refractivity contribution >= 4 is 16.9 Å². The van der Waals surface area contributed by atoms with Crippen LogP contribution in [-0.2, 0) is 16.0 Å². The third-order valence-corrected chi connectivity index (χ3v) is 3.46. The monoisotopic (exact) mass is 271 g/mol. The second-order valence-electron chi connectivity index (χ2n) is 4.84. The van der Waals surface area contributed by atoms with E-state index in [-0.39, 0.29) is 5.91 Å². The highest BCUT2D eigenvalue weighted by molar-refractivity contribution is 5.94. The van der Waals surface area contributed by atoms with Gasteiger partial charge in [0, 0.05) is 19.4 Å². The predicted octanol–water partition coefficient (Wildman–Crippen LogP) is 1.92. The van der Waals surface area contributed by atoms with E-state index in [9.17, 15) is 4.79 Å². The number of aromatic amines is 1. The van der Waals surface area contributed by atoms with E-state index in [1.807, 2.05) is 31.2 Å². The largest absolute Gasteiger partial charge is 0.497 e. The van der Waals surface area contributed by atoms with Crippen molar-refractivity contribution in [3.63, 3.8) is 0 Å². The molecular formula is C15H17N3O2. The van der Waals surface area contributed by atoms with Crippen LogP contribution in [0.1, 0.15) is 19.2 Å². The fraction of sp³-hybridized carbons (Fsp3) is 0.333. The summed E-state index contributed by atoms with van der Waals surface area (Å²) in [5.41, 5.74) is 2.74. The summed E-state index contributed by atoms with van der Waals surface area (Å²) in [6.45, 7) is 3.01. The first kappa shape index (κ1) is 12.7. The van der Waals surface area contributed by atoms with Crippen molar-refractivity contribution < 1.29 is 9.53 Å². The Morgan fingerprint density at radius 3 is 3.05 bits per heavy atom. The van der Waals surface area contributed by atoms with E-state index >= 15 is 0 Å². The number of amides is 1. The molecule has 0 aliphatic carbocycles. The van der Waals surface area contributed by atoms with Gasteiger partial charge in [-0.15, -0.1) is 0 Å². The minimum Gasteiger partial charge on any atom is -0.497 e. The molecule has 1 aliphatic heterocycles. The van der Waals surface area contributed by atoms with Gasteiger partial charge in [-0.3, -0.25) is 4.79 Å². The Labute approximate surface area is 117 Å². The van der Waals surface area contributed by atoms with Gasteiger partial charge in [0.2, 0.25) is 0 Å². The Hall–Kier alpha value is -2.30. The Morgan fingerprint density at radius 1 is 1.45 bits per heavy atom. The van der Waals surface area contributed by atoms with Crippen LogP contribution >= 0.6 is 0 Å². The van der Waals surface area contributed by atoms with Crippen LogP contribution < -0.4 is 5.32 Å². The molecule has 2 aromatic rings. The minimum atomic E-state index is -0.0314. The van der Waals surface area contributed by atoms with Crippen molar-refractivity contribution in [3.8, 4) is 0 Å². The van der Waals surface area contributed by atoms with Crippen molar-refractivity contribution in [3.05, 3.63) is 41.4 Å². The van der Waals surface area contributed by atoms with Crippen molar-refractivity contribution in [2.45, 2.75) is 19.8 Å². The quantitative estimate of drug-likeness (QED) is 0.892. The second-order valence-corrected chi connectivity index (χ2v) is 4.84. The molecule has 2 heterocycles. The number of imidazole rings is 1. The van der Waals surface area contributed by atoms with Crippen LogP contribution in [0.2, 0.25) is 0 Å². The van der Waals surface area contributed by atoms with Crippen molar-refractivity contribution in [1.82, 2.24) is 15.3 Å². The summed E-state index contributed by atoms with van der Waals surface area (Å²) >= 11 is 0. The van der Waals surface area contributed by atoms with Gasteiger partial charge in [0.25, 0.3) is 5.91 Å². The highest BCUT2D eigenvalue weighted by atomic mass is 16.5. The van der Waals surface area contributed by atoms with Gasteiger partial charge in [-0.25, -0.2) is 4.98 Å². The van der Waals surface area contributed by atoms with E-state index < -0.39 is 0 Å². The summed E-state index contributed by atoms with van der Waals surface area (Å²) in [4.78, 5) is 19.7. The average Bonchev–Trinajstić information content (AvgIpc) is 3.04. The molecule has 0 saturated heterocycles. The average molecular weight is 271 g/mol. The standard InChI is InChI=1S/C15H17N3O2/c1-10-11(7-9-20-10)15(19)16-8-6-14-17-12-4-2-3-5-13(12)18-14/h2-5H,6-9H2,1H3,(H,16,19)(H,17,18). The summed E-state index contributed by atoms with van der Waals surface area (Å²) in [7, 11) is 0. The van der Waals surface area contributed by atoms with E-state index in [2.05, 4.69) is 15.3 Å². The predicted molar refractivity (Wildman–Crippen MR) is 76.1 cm³/mol. The van der Waals surface area contributed by atoms with E-state index in [0.29, 0.717) is 26.0 Å². The first-order valence-electron chi connectivity index (χ1n) is 6.78. The van der Waals surface area contributed by atoms with Crippen LogP contribution in [0.25, 0.3) is 11.0 Å². The van der Waals surface area contributed by atoms with Crippen LogP contribution in [0.15, 0.2) is 35.6 Å². The summed E-state index contributed by atoms with van der Waals surface area (Å²) in [5.74, 6) is 1.60.